The van der Waals surface area contributed by atoms with E-state index in [1.807, 2.05) is 45.9 Å². The molecule has 5 nitrogen and oxygen atoms in total. The zero-order chi connectivity index (χ0) is 16.5. The molecule has 22 heavy (non-hydrogen) atoms. The smallest absolute Gasteiger partial charge is 0.319 e. The summed E-state index contributed by atoms with van der Waals surface area (Å²) in [5.41, 5.74) is 2.87. The Morgan fingerprint density at radius 2 is 2.05 bits per heavy atom. The molecule has 1 unspecified atom stereocenters. The minimum atomic E-state index is -0.226. The van der Waals surface area contributed by atoms with Gasteiger partial charge in [0, 0.05) is 18.3 Å². The van der Waals surface area contributed by atoms with E-state index in [9.17, 15) is 4.79 Å². The molecule has 3 N–H and O–H groups in total. The molecule has 0 heterocycles. The number of carbonyl (C=O) groups is 1. The first-order valence-corrected chi connectivity index (χ1v) is 7.82. The first-order valence-electron chi connectivity index (χ1n) is 7.82. The second kappa shape index (κ2) is 9.43. The summed E-state index contributed by atoms with van der Waals surface area (Å²) in [5.74, 6) is 0. The molecule has 124 valence electrons. The molecule has 0 aliphatic carbocycles. The van der Waals surface area contributed by atoms with Crippen molar-refractivity contribution < 1.29 is 14.6 Å². The Labute approximate surface area is 133 Å². The number of amides is 2. The summed E-state index contributed by atoms with van der Waals surface area (Å²) in [6, 6.07) is 5.60. The molecule has 0 bridgehead atoms. The maximum absolute atomic E-state index is 12.0. The van der Waals surface area contributed by atoms with Crippen LogP contribution in [-0.4, -0.2) is 29.9 Å². The second-order valence-corrected chi connectivity index (χ2v) is 5.81. The summed E-state index contributed by atoms with van der Waals surface area (Å²) >= 11 is 0. The van der Waals surface area contributed by atoms with Crippen molar-refractivity contribution in [2.75, 3.05) is 11.9 Å². The fourth-order valence-electron chi connectivity index (χ4n) is 2.08. The van der Waals surface area contributed by atoms with Gasteiger partial charge in [-0.3, -0.25) is 0 Å². The average molecular weight is 308 g/mol. The van der Waals surface area contributed by atoms with Gasteiger partial charge < -0.3 is 20.5 Å². The van der Waals surface area contributed by atoms with Crippen molar-refractivity contribution >= 4 is 11.7 Å². The van der Waals surface area contributed by atoms with Crippen molar-refractivity contribution in [1.29, 1.82) is 0 Å². The average Bonchev–Trinajstić information content (AvgIpc) is 2.45. The van der Waals surface area contributed by atoms with Gasteiger partial charge in [-0.2, -0.15) is 0 Å². The van der Waals surface area contributed by atoms with Gasteiger partial charge in [-0.15, -0.1) is 0 Å². The number of carbonyl (C=O) groups excluding carboxylic acids is 1. The van der Waals surface area contributed by atoms with Crippen LogP contribution in [0.2, 0.25) is 0 Å². The van der Waals surface area contributed by atoms with Crippen LogP contribution in [0.1, 0.15) is 44.7 Å². The fourth-order valence-corrected chi connectivity index (χ4v) is 2.08. The van der Waals surface area contributed by atoms with E-state index in [-0.39, 0.29) is 24.8 Å². The Hall–Kier alpha value is -1.59. The zero-order valence-electron chi connectivity index (χ0n) is 14.0. The van der Waals surface area contributed by atoms with Crippen LogP contribution in [0.5, 0.6) is 0 Å². The number of ether oxygens (including phenoxy) is 1. The number of aliphatic hydroxyl groups is 1. The van der Waals surface area contributed by atoms with Crippen molar-refractivity contribution in [3.05, 3.63) is 29.3 Å². The molecular formula is C17H28N2O3. The van der Waals surface area contributed by atoms with Crippen LogP contribution in [0.25, 0.3) is 0 Å². The molecule has 2 amide bonds. The predicted octanol–water partition coefficient (Wildman–Crippen LogP) is 3.20. The SMILES string of the molecule is Cc1c(COC(C)C)cccc1NC(=O)NC(C)CCCO. The second-order valence-electron chi connectivity index (χ2n) is 5.81. The van der Waals surface area contributed by atoms with E-state index in [4.69, 9.17) is 9.84 Å². The standard InChI is InChI=1S/C17H28N2O3/c1-12(2)22-11-15-8-5-9-16(14(15)4)19-17(21)18-13(3)7-6-10-20/h5,8-9,12-13,20H,6-7,10-11H2,1-4H3,(H2,18,19,21). The van der Waals surface area contributed by atoms with Crippen molar-refractivity contribution in [3.8, 4) is 0 Å². The third-order valence-corrected chi connectivity index (χ3v) is 3.44. The highest BCUT2D eigenvalue weighted by molar-refractivity contribution is 5.90. The summed E-state index contributed by atoms with van der Waals surface area (Å²) in [7, 11) is 0. The first kappa shape index (κ1) is 18.5. The lowest BCUT2D eigenvalue weighted by Crippen LogP contribution is -2.36. The number of hydrogen-bond acceptors (Lipinski definition) is 3. The summed E-state index contributed by atoms with van der Waals surface area (Å²) in [6.45, 7) is 8.58. The molecule has 0 aliphatic heterocycles. The van der Waals surface area contributed by atoms with Gasteiger partial charge in [-0.25, -0.2) is 4.79 Å². The highest BCUT2D eigenvalue weighted by atomic mass is 16.5. The van der Waals surface area contributed by atoms with E-state index < -0.39 is 0 Å². The Morgan fingerprint density at radius 3 is 2.68 bits per heavy atom. The Kier molecular flexibility index (Phi) is 7.91. The van der Waals surface area contributed by atoms with Crippen molar-refractivity contribution in [3.63, 3.8) is 0 Å². The van der Waals surface area contributed by atoms with Gasteiger partial charge in [0.1, 0.15) is 0 Å². The lowest BCUT2D eigenvalue weighted by Gasteiger charge is -2.17. The topological polar surface area (TPSA) is 70.6 Å². The van der Waals surface area contributed by atoms with E-state index in [1.54, 1.807) is 0 Å². The molecule has 1 atom stereocenters. The van der Waals surface area contributed by atoms with Crippen molar-refractivity contribution in [1.82, 2.24) is 5.32 Å². The summed E-state index contributed by atoms with van der Waals surface area (Å²) in [5, 5.41) is 14.5. The van der Waals surface area contributed by atoms with Gasteiger partial charge in [0.15, 0.2) is 0 Å². The lowest BCUT2D eigenvalue weighted by atomic mass is 10.1. The van der Waals surface area contributed by atoms with Crippen LogP contribution in [0, 0.1) is 6.92 Å². The van der Waals surface area contributed by atoms with E-state index >= 15 is 0 Å². The minimum Gasteiger partial charge on any atom is -0.396 e. The van der Waals surface area contributed by atoms with Gasteiger partial charge in [0.2, 0.25) is 0 Å². The molecule has 0 aromatic heterocycles. The van der Waals surface area contributed by atoms with E-state index in [2.05, 4.69) is 10.6 Å². The molecule has 0 radical (unpaired) electrons. The summed E-state index contributed by atoms with van der Waals surface area (Å²) in [6.07, 6.45) is 1.61. The van der Waals surface area contributed by atoms with E-state index in [1.165, 1.54) is 0 Å². The van der Waals surface area contributed by atoms with Crippen LogP contribution in [0.15, 0.2) is 18.2 Å². The van der Waals surface area contributed by atoms with Gasteiger partial charge in [0.25, 0.3) is 0 Å². The fraction of sp³-hybridized carbons (Fsp3) is 0.588. The number of nitrogens with one attached hydrogen (secondary N) is 2. The van der Waals surface area contributed by atoms with E-state index in [0.717, 1.165) is 23.2 Å². The van der Waals surface area contributed by atoms with Crippen molar-refractivity contribution in [2.24, 2.45) is 0 Å². The molecule has 0 saturated heterocycles. The molecule has 1 aromatic carbocycles. The highest BCUT2D eigenvalue weighted by Gasteiger charge is 2.10. The monoisotopic (exact) mass is 308 g/mol. The quantitative estimate of drug-likeness (QED) is 0.690. The number of anilines is 1. The first-order chi connectivity index (χ1) is 10.4. The molecule has 5 heteroatoms. The molecule has 1 rings (SSSR count). The third kappa shape index (κ3) is 6.45. The number of benzene rings is 1. The van der Waals surface area contributed by atoms with Crippen LogP contribution < -0.4 is 10.6 Å². The normalized spacial score (nSPS) is 12.3. The maximum Gasteiger partial charge on any atom is 0.319 e. The Bertz CT molecular complexity index is 475. The highest BCUT2D eigenvalue weighted by Crippen LogP contribution is 2.20. The van der Waals surface area contributed by atoms with Crippen LogP contribution in [0.4, 0.5) is 10.5 Å². The van der Waals surface area contributed by atoms with E-state index in [0.29, 0.717) is 13.0 Å². The molecular weight excluding hydrogens is 280 g/mol. The van der Waals surface area contributed by atoms with Gasteiger partial charge in [0.05, 0.1) is 12.7 Å². The van der Waals surface area contributed by atoms with Gasteiger partial charge in [-0.1, -0.05) is 12.1 Å². The van der Waals surface area contributed by atoms with Crippen LogP contribution >= 0.6 is 0 Å². The molecule has 0 spiro atoms. The largest absolute Gasteiger partial charge is 0.396 e. The summed E-state index contributed by atoms with van der Waals surface area (Å²) in [4.78, 5) is 12.0. The zero-order valence-corrected chi connectivity index (χ0v) is 14.0. The Balaban J connectivity index is 2.61. The number of hydrogen-bond donors (Lipinski definition) is 3. The van der Waals surface area contributed by atoms with Crippen LogP contribution in [0.3, 0.4) is 0 Å². The van der Waals surface area contributed by atoms with Gasteiger partial charge in [-0.05, 0) is 57.7 Å². The maximum atomic E-state index is 12.0. The summed E-state index contributed by atoms with van der Waals surface area (Å²) < 4.78 is 5.63. The predicted molar refractivity (Wildman–Crippen MR) is 89.0 cm³/mol. The molecule has 1 aromatic rings. The number of urea groups is 1. The van der Waals surface area contributed by atoms with Crippen molar-refractivity contribution in [2.45, 2.75) is 59.3 Å². The molecule has 0 saturated carbocycles. The number of aliphatic hydroxyl groups excluding tert-OH is 1. The molecule has 0 aliphatic rings. The Morgan fingerprint density at radius 1 is 1.32 bits per heavy atom. The lowest BCUT2D eigenvalue weighted by molar-refractivity contribution is 0.0654. The van der Waals surface area contributed by atoms with Gasteiger partial charge >= 0.3 is 6.03 Å². The molecule has 0 fully saturated rings. The minimum absolute atomic E-state index is 0.0277. The van der Waals surface area contributed by atoms with Crippen LogP contribution in [-0.2, 0) is 11.3 Å². The third-order valence-electron chi connectivity index (χ3n) is 3.44. The number of rotatable bonds is 8.